The molecule has 0 aliphatic carbocycles. The van der Waals surface area contributed by atoms with Crippen molar-refractivity contribution >= 4 is 110 Å². The monoisotopic (exact) mass is 1000 g/mol. The summed E-state index contributed by atoms with van der Waals surface area (Å²) in [5, 5.41) is 9.02. The first-order valence-corrected chi connectivity index (χ1v) is 28.2. The lowest BCUT2D eigenvalue weighted by molar-refractivity contribution is 0.590. The molecular formula is C72H67BN2S. The average molecular weight is 1000 g/mol. The molecule has 1 aromatic heterocycles. The molecular weight excluding hydrogens is 936 g/mol. The molecule has 0 bridgehead atoms. The average Bonchev–Trinajstić information content (AvgIpc) is 3.90. The molecule has 374 valence electrons. The minimum absolute atomic E-state index is 0.00357. The second-order valence-electron chi connectivity index (χ2n) is 25.8. The Morgan fingerprint density at radius 3 is 1.47 bits per heavy atom. The van der Waals surface area contributed by atoms with Gasteiger partial charge in [-0.1, -0.05) is 217 Å². The van der Waals surface area contributed by atoms with E-state index in [0.717, 1.165) is 0 Å². The fourth-order valence-electron chi connectivity index (χ4n) is 12.4. The van der Waals surface area contributed by atoms with E-state index in [-0.39, 0.29) is 28.4 Å². The van der Waals surface area contributed by atoms with E-state index >= 15 is 0 Å². The first-order valence-electron chi connectivity index (χ1n) is 27.4. The van der Waals surface area contributed by atoms with Crippen LogP contribution in [0.1, 0.15) is 105 Å². The summed E-state index contributed by atoms with van der Waals surface area (Å²) >= 11 is 1.98. The normalized spacial score (nSPS) is 13.7. The van der Waals surface area contributed by atoms with Crippen LogP contribution in [0.3, 0.4) is 0 Å². The molecule has 3 heterocycles. The standard InChI is InChI=1S/C72H67BN2S/c1-69(2,3)46-22-19-21-44(39-46)50-23-17-18-28-60(50)75-64-30-20-29-63-66(64)73(68-67(75)58-42-48(71(7,8)9)34-38-65(58)76-68)59-43-49(72(10,11)12)33-37-62(59)74(63)61-36-32-47(70(4,5)6)41-56(61)45-31-35-55-53-26-14-13-24-51(53)52-25-15-16-27-54(52)57(55)40-45/h13-43H,1-12H3. The van der Waals surface area contributed by atoms with E-state index in [4.69, 9.17) is 0 Å². The zero-order chi connectivity index (χ0) is 52.8. The van der Waals surface area contributed by atoms with Gasteiger partial charge in [0.05, 0.1) is 17.1 Å². The van der Waals surface area contributed by atoms with Crippen LogP contribution in [0.15, 0.2) is 188 Å². The summed E-state index contributed by atoms with van der Waals surface area (Å²) in [4.78, 5) is 5.29. The first kappa shape index (κ1) is 48.3. The Hall–Kier alpha value is -7.40. The van der Waals surface area contributed by atoms with Gasteiger partial charge in [-0.2, -0.15) is 0 Å². The van der Waals surface area contributed by atoms with Crippen LogP contribution >= 0.6 is 11.3 Å². The van der Waals surface area contributed by atoms with Gasteiger partial charge in [0.1, 0.15) is 0 Å². The Morgan fingerprint density at radius 1 is 0.329 bits per heavy atom. The molecule has 0 radical (unpaired) electrons. The third kappa shape index (κ3) is 7.65. The van der Waals surface area contributed by atoms with Crippen molar-refractivity contribution in [3.63, 3.8) is 0 Å². The highest BCUT2D eigenvalue weighted by Gasteiger charge is 2.46. The minimum atomic E-state index is -0.0732. The number of para-hydroxylation sites is 1. The van der Waals surface area contributed by atoms with Gasteiger partial charge in [0.25, 0.3) is 6.71 Å². The van der Waals surface area contributed by atoms with Crippen molar-refractivity contribution in [1.82, 2.24) is 0 Å². The van der Waals surface area contributed by atoms with Crippen LogP contribution in [0.4, 0.5) is 34.1 Å². The van der Waals surface area contributed by atoms with Gasteiger partial charge in [-0.15, -0.1) is 11.3 Å². The van der Waals surface area contributed by atoms with Crippen molar-refractivity contribution < 1.29 is 0 Å². The molecule has 0 amide bonds. The van der Waals surface area contributed by atoms with Gasteiger partial charge in [-0.05, 0) is 153 Å². The molecule has 2 nitrogen and oxygen atoms in total. The predicted octanol–water partition coefficient (Wildman–Crippen LogP) is 19.0. The number of fused-ring (bicyclic) bond motifs is 12. The molecule has 11 aromatic rings. The maximum Gasteiger partial charge on any atom is 0.264 e. The summed E-state index contributed by atoms with van der Waals surface area (Å²) in [6.07, 6.45) is 0. The molecule has 76 heavy (non-hydrogen) atoms. The SMILES string of the molecule is CC(C)(C)c1cccc(-c2ccccc2N2c3cccc4c3B(c3cc(C(C)(C)C)ccc3N4c3ccc(C(C)(C)C)cc3-c3ccc4c5ccccc5c5ccccc5c4c3)c3sc4ccc(C(C)(C)C)cc4c32)c1. The maximum atomic E-state index is 2.66. The molecule has 0 fully saturated rings. The molecule has 4 heteroatoms. The minimum Gasteiger partial charge on any atom is -0.311 e. The van der Waals surface area contributed by atoms with Gasteiger partial charge in [-0.3, -0.25) is 0 Å². The molecule has 13 rings (SSSR count). The molecule has 10 aromatic carbocycles. The predicted molar refractivity (Wildman–Crippen MR) is 334 cm³/mol. The van der Waals surface area contributed by atoms with Crippen LogP contribution in [0, 0.1) is 0 Å². The second kappa shape index (κ2) is 17.1. The van der Waals surface area contributed by atoms with Gasteiger partial charge in [-0.25, -0.2) is 0 Å². The zero-order valence-corrected chi connectivity index (χ0v) is 47.1. The fraction of sp³-hybridized carbons (Fsp3) is 0.222. The van der Waals surface area contributed by atoms with Gasteiger partial charge in [0.2, 0.25) is 0 Å². The Bertz CT molecular complexity index is 4150. The molecule has 0 saturated heterocycles. The van der Waals surface area contributed by atoms with Crippen LogP contribution < -0.4 is 25.5 Å². The molecule has 2 aliphatic rings. The maximum absolute atomic E-state index is 2.66. The molecule has 2 aliphatic heterocycles. The van der Waals surface area contributed by atoms with Crippen LogP contribution in [0.2, 0.25) is 0 Å². The summed E-state index contributed by atoms with van der Waals surface area (Å²) in [5.41, 5.74) is 20.1. The summed E-state index contributed by atoms with van der Waals surface area (Å²) in [5.74, 6) is 0. The number of hydrogen-bond donors (Lipinski definition) is 0. The van der Waals surface area contributed by atoms with E-state index < -0.39 is 0 Å². The number of hydrogen-bond acceptors (Lipinski definition) is 3. The second-order valence-corrected chi connectivity index (χ2v) is 26.9. The zero-order valence-electron chi connectivity index (χ0n) is 46.3. The van der Waals surface area contributed by atoms with Crippen molar-refractivity contribution in [3.8, 4) is 22.3 Å². The highest BCUT2D eigenvalue weighted by atomic mass is 32.1. The lowest BCUT2D eigenvalue weighted by atomic mass is 9.36. The van der Waals surface area contributed by atoms with Crippen molar-refractivity contribution in [3.05, 3.63) is 210 Å². The molecule has 0 unspecified atom stereocenters. The Labute approximate surface area is 454 Å². The molecule has 0 saturated carbocycles. The Balaban J connectivity index is 1.12. The number of benzene rings is 10. The lowest BCUT2D eigenvalue weighted by Crippen LogP contribution is -2.60. The molecule has 0 atom stereocenters. The number of nitrogens with zero attached hydrogens (tertiary/aromatic N) is 2. The van der Waals surface area contributed by atoms with E-state index in [1.165, 1.54) is 137 Å². The third-order valence-corrected chi connectivity index (χ3v) is 17.9. The summed E-state index contributed by atoms with van der Waals surface area (Å²) in [6.45, 7) is 28.1. The summed E-state index contributed by atoms with van der Waals surface area (Å²) in [6, 6.07) is 72.7. The summed E-state index contributed by atoms with van der Waals surface area (Å²) < 4.78 is 2.71. The van der Waals surface area contributed by atoms with E-state index in [0.29, 0.717) is 0 Å². The van der Waals surface area contributed by atoms with Crippen molar-refractivity contribution in [2.24, 2.45) is 0 Å². The van der Waals surface area contributed by atoms with Gasteiger partial charge < -0.3 is 9.80 Å². The third-order valence-electron chi connectivity index (χ3n) is 16.7. The highest BCUT2D eigenvalue weighted by molar-refractivity contribution is 7.33. The molecule has 0 N–H and O–H groups in total. The van der Waals surface area contributed by atoms with Gasteiger partial charge in [0.15, 0.2) is 0 Å². The van der Waals surface area contributed by atoms with E-state index in [1.807, 2.05) is 11.3 Å². The van der Waals surface area contributed by atoms with E-state index in [2.05, 4.69) is 281 Å². The van der Waals surface area contributed by atoms with E-state index in [1.54, 1.807) is 0 Å². The number of rotatable bonds is 4. The van der Waals surface area contributed by atoms with Crippen molar-refractivity contribution in [2.75, 3.05) is 9.80 Å². The lowest BCUT2D eigenvalue weighted by Gasteiger charge is -2.44. The van der Waals surface area contributed by atoms with Crippen molar-refractivity contribution in [1.29, 1.82) is 0 Å². The van der Waals surface area contributed by atoms with Crippen LogP contribution in [0.5, 0.6) is 0 Å². The highest BCUT2D eigenvalue weighted by Crippen LogP contribution is 2.52. The first-order chi connectivity index (χ1) is 36.2. The Kier molecular flexibility index (Phi) is 10.8. The van der Waals surface area contributed by atoms with Crippen molar-refractivity contribution in [2.45, 2.75) is 105 Å². The number of thiophene rings is 1. The quantitative estimate of drug-likeness (QED) is 0.128. The van der Waals surface area contributed by atoms with Gasteiger partial charge in [0, 0.05) is 43.1 Å². The van der Waals surface area contributed by atoms with Gasteiger partial charge >= 0.3 is 0 Å². The van der Waals surface area contributed by atoms with Crippen LogP contribution in [0.25, 0.3) is 64.7 Å². The van der Waals surface area contributed by atoms with Crippen LogP contribution in [-0.2, 0) is 21.7 Å². The summed E-state index contributed by atoms with van der Waals surface area (Å²) in [7, 11) is 0. The number of anilines is 6. The van der Waals surface area contributed by atoms with E-state index in [9.17, 15) is 0 Å². The Morgan fingerprint density at radius 2 is 0.816 bits per heavy atom. The van der Waals surface area contributed by atoms with Crippen LogP contribution in [-0.4, -0.2) is 6.71 Å². The molecule has 0 spiro atoms. The largest absolute Gasteiger partial charge is 0.311 e. The fourth-order valence-corrected chi connectivity index (χ4v) is 13.7. The smallest absolute Gasteiger partial charge is 0.264 e. The topological polar surface area (TPSA) is 6.48 Å².